The van der Waals surface area contributed by atoms with E-state index in [0.717, 1.165) is 18.8 Å². The number of methoxy groups -OCH3 is 1. The molecule has 0 aliphatic heterocycles. The van der Waals surface area contributed by atoms with E-state index in [-0.39, 0.29) is 0 Å². The van der Waals surface area contributed by atoms with Crippen LogP contribution >= 0.6 is 0 Å². The Bertz CT molecular complexity index is 310. The SMILES string of the molecule is CNc1cc(OCCOCCCOC)ncn1. The fourth-order valence-corrected chi connectivity index (χ4v) is 1.17. The van der Waals surface area contributed by atoms with E-state index in [4.69, 9.17) is 14.2 Å². The van der Waals surface area contributed by atoms with Gasteiger partial charge in [-0.1, -0.05) is 0 Å². The average molecular weight is 241 g/mol. The van der Waals surface area contributed by atoms with Crippen molar-refractivity contribution >= 4 is 5.82 Å². The summed E-state index contributed by atoms with van der Waals surface area (Å²) < 4.78 is 15.7. The Kier molecular flexibility index (Phi) is 7.01. The largest absolute Gasteiger partial charge is 0.475 e. The van der Waals surface area contributed by atoms with Crippen LogP contribution in [0, 0.1) is 0 Å². The van der Waals surface area contributed by atoms with Crippen LogP contribution in [0.1, 0.15) is 6.42 Å². The molecule has 96 valence electrons. The molecule has 1 N–H and O–H groups in total. The number of ether oxygens (including phenoxy) is 3. The van der Waals surface area contributed by atoms with Crippen molar-refractivity contribution in [3.8, 4) is 5.88 Å². The van der Waals surface area contributed by atoms with Crippen LogP contribution in [-0.2, 0) is 9.47 Å². The van der Waals surface area contributed by atoms with Gasteiger partial charge < -0.3 is 19.5 Å². The minimum Gasteiger partial charge on any atom is -0.475 e. The Hall–Kier alpha value is -1.40. The monoisotopic (exact) mass is 241 g/mol. The molecular weight excluding hydrogens is 222 g/mol. The highest BCUT2D eigenvalue weighted by Gasteiger charge is 1.97. The van der Waals surface area contributed by atoms with Crippen molar-refractivity contribution in [2.45, 2.75) is 6.42 Å². The first-order chi connectivity index (χ1) is 8.36. The number of hydrogen-bond donors (Lipinski definition) is 1. The molecule has 0 aromatic carbocycles. The summed E-state index contributed by atoms with van der Waals surface area (Å²) in [6.07, 6.45) is 2.36. The van der Waals surface area contributed by atoms with E-state index < -0.39 is 0 Å². The number of aromatic nitrogens is 2. The molecule has 1 rings (SSSR count). The highest BCUT2D eigenvalue weighted by atomic mass is 16.5. The fourth-order valence-electron chi connectivity index (χ4n) is 1.17. The highest BCUT2D eigenvalue weighted by Crippen LogP contribution is 2.09. The summed E-state index contributed by atoms with van der Waals surface area (Å²) in [4.78, 5) is 7.97. The van der Waals surface area contributed by atoms with Crippen LogP contribution in [0.3, 0.4) is 0 Å². The van der Waals surface area contributed by atoms with E-state index in [1.54, 1.807) is 20.2 Å². The van der Waals surface area contributed by atoms with E-state index in [1.807, 2.05) is 0 Å². The summed E-state index contributed by atoms with van der Waals surface area (Å²) in [5.74, 6) is 1.28. The standard InChI is InChI=1S/C11H19N3O3/c1-12-10-8-11(14-9-13-10)17-7-6-16-5-3-4-15-2/h8-9H,3-7H2,1-2H3,(H,12,13,14). The smallest absolute Gasteiger partial charge is 0.218 e. The molecule has 0 aliphatic carbocycles. The van der Waals surface area contributed by atoms with Gasteiger partial charge in [-0.2, -0.15) is 0 Å². The third kappa shape index (κ3) is 6.03. The number of rotatable bonds is 9. The van der Waals surface area contributed by atoms with Crippen LogP contribution in [0.2, 0.25) is 0 Å². The first kappa shape index (κ1) is 13.7. The van der Waals surface area contributed by atoms with Crippen LogP contribution in [0.15, 0.2) is 12.4 Å². The van der Waals surface area contributed by atoms with Gasteiger partial charge >= 0.3 is 0 Å². The van der Waals surface area contributed by atoms with Gasteiger partial charge in [-0.15, -0.1) is 0 Å². The Balaban J connectivity index is 2.09. The van der Waals surface area contributed by atoms with Gasteiger partial charge in [0, 0.05) is 33.4 Å². The van der Waals surface area contributed by atoms with Gasteiger partial charge in [0.05, 0.1) is 6.61 Å². The van der Waals surface area contributed by atoms with Gasteiger partial charge in [0.25, 0.3) is 0 Å². The normalized spacial score (nSPS) is 10.2. The Morgan fingerprint density at radius 3 is 2.82 bits per heavy atom. The second-order valence-electron chi connectivity index (χ2n) is 3.30. The molecule has 0 unspecified atom stereocenters. The Morgan fingerprint density at radius 2 is 2.06 bits per heavy atom. The van der Waals surface area contributed by atoms with Gasteiger partial charge in [-0.05, 0) is 6.42 Å². The molecule has 6 nitrogen and oxygen atoms in total. The number of nitrogens with zero attached hydrogens (tertiary/aromatic N) is 2. The molecule has 0 fully saturated rings. The molecule has 6 heteroatoms. The Labute approximate surface area is 101 Å². The fraction of sp³-hybridized carbons (Fsp3) is 0.636. The lowest BCUT2D eigenvalue weighted by Gasteiger charge is -2.07. The number of hydrogen-bond acceptors (Lipinski definition) is 6. The molecular formula is C11H19N3O3. The van der Waals surface area contributed by atoms with Crippen molar-refractivity contribution in [2.24, 2.45) is 0 Å². The Morgan fingerprint density at radius 1 is 1.18 bits per heavy atom. The third-order valence-corrected chi connectivity index (χ3v) is 2.01. The molecule has 0 saturated carbocycles. The van der Waals surface area contributed by atoms with Gasteiger partial charge in [0.15, 0.2) is 0 Å². The second kappa shape index (κ2) is 8.72. The zero-order valence-electron chi connectivity index (χ0n) is 10.3. The van der Waals surface area contributed by atoms with E-state index in [1.165, 1.54) is 6.33 Å². The van der Waals surface area contributed by atoms with Crippen molar-refractivity contribution in [3.05, 3.63) is 12.4 Å². The van der Waals surface area contributed by atoms with Gasteiger partial charge in [0.1, 0.15) is 18.8 Å². The lowest BCUT2D eigenvalue weighted by atomic mass is 10.5. The van der Waals surface area contributed by atoms with Gasteiger partial charge in [0.2, 0.25) is 5.88 Å². The first-order valence-corrected chi connectivity index (χ1v) is 5.56. The molecule has 1 aromatic heterocycles. The summed E-state index contributed by atoms with van der Waals surface area (Å²) in [5.41, 5.74) is 0. The second-order valence-corrected chi connectivity index (χ2v) is 3.30. The number of anilines is 1. The molecule has 0 spiro atoms. The predicted octanol–water partition coefficient (Wildman–Crippen LogP) is 0.950. The maximum absolute atomic E-state index is 5.41. The van der Waals surface area contributed by atoms with Crippen LogP contribution in [0.5, 0.6) is 5.88 Å². The summed E-state index contributed by atoms with van der Waals surface area (Å²) in [5, 5.41) is 2.92. The lowest BCUT2D eigenvalue weighted by molar-refractivity contribution is 0.0795. The van der Waals surface area contributed by atoms with Gasteiger partial charge in [-0.3, -0.25) is 0 Å². The van der Waals surface area contributed by atoms with E-state index in [9.17, 15) is 0 Å². The van der Waals surface area contributed by atoms with Crippen molar-refractivity contribution in [1.29, 1.82) is 0 Å². The van der Waals surface area contributed by atoms with E-state index in [0.29, 0.717) is 25.7 Å². The van der Waals surface area contributed by atoms with Gasteiger partial charge in [-0.25, -0.2) is 9.97 Å². The van der Waals surface area contributed by atoms with E-state index in [2.05, 4.69) is 15.3 Å². The zero-order valence-corrected chi connectivity index (χ0v) is 10.3. The molecule has 0 aliphatic rings. The van der Waals surface area contributed by atoms with Crippen molar-refractivity contribution in [1.82, 2.24) is 9.97 Å². The van der Waals surface area contributed by atoms with Crippen LogP contribution in [0.4, 0.5) is 5.82 Å². The van der Waals surface area contributed by atoms with Crippen molar-refractivity contribution in [2.75, 3.05) is 45.9 Å². The summed E-state index contributed by atoms with van der Waals surface area (Å²) >= 11 is 0. The summed E-state index contributed by atoms with van der Waals surface area (Å²) in [6.45, 7) is 2.43. The predicted molar refractivity (Wildman–Crippen MR) is 64.4 cm³/mol. The summed E-state index contributed by atoms with van der Waals surface area (Å²) in [7, 11) is 3.47. The molecule has 0 atom stereocenters. The minimum absolute atomic E-state index is 0.479. The molecule has 0 saturated heterocycles. The van der Waals surface area contributed by atoms with Crippen LogP contribution in [-0.4, -0.2) is 50.6 Å². The van der Waals surface area contributed by atoms with Crippen LogP contribution < -0.4 is 10.1 Å². The average Bonchev–Trinajstić information content (AvgIpc) is 2.38. The third-order valence-electron chi connectivity index (χ3n) is 2.01. The maximum Gasteiger partial charge on any atom is 0.218 e. The van der Waals surface area contributed by atoms with Crippen LogP contribution in [0.25, 0.3) is 0 Å². The molecule has 1 heterocycles. The minimum atomic E-state index is 0.479. The lowest BCUT2D eigenvalue weighted by Crippen LogP contribution is -2.09. The molecule has 1 aromatic rings. The van der Waals surface area contributed by atoms with Crippen molar-refractivity contribution < 1.29 is 14.2 Å². The molecule has 0 bridgehead atoms. The quantitative estimate of drug-likeness (QED) is 0.649. The molecule has 0 radical (unpaired) electrons. The first-order valence-electron chi connectivity index (χ1n) is 5.56. The topological polar surface area (TPSA) is 65.5 Å². The van der Waals surface area contributed by atoms with Crippen molar-refractivity contribution in [3.63, 3.8) is 0 Å². The molecule has 0 amide bonds. The van der Waals surface area contributed by atoms with E-state index >= 15 is 0 Å². The molecule has 17 heavy (non-hydrogen) atoms. The zero-order chi connectivity index (χ0) is 12.3. The maximum atomic E-state index is 5.41. The summed E-state index contributed by atoms with van der Waals surface area (Å²) in [6, 6.07) is 1.74. The number of nitrogens with one attached hydrogen (secondary N) is 1. The highest BCUT2D eigenvalue weighted by molar-refractivity contribution is 5.35.